The second-order valence-electron chi connectivity index (χ2n) is 5.55. The number of hydrogen-bond acceptors (Lipinski definition) is 3. The zero-order valence-electron chi connectivity index (χ0n) is 10.6. The molecule has 19 heavy (non-hydrogen) atoms. The molecule has 0 radical (unpaired) electrons. The van der Waals surface area contributed by atoms with Crippen molar-refractivity contribution in [1.82, 2.24) is 4.90 Å². The average Bonchev–Trinajstić information content (AvgIpc) is 2.61. The van der Waals surface area contributed by atoms with E-state index in [1.807, 2.05) is 0 Å². The van der Waals surface area contributed by atoms with Gasteiger partial charge in [0.1, 0.15) is 11.6 Å². The third-order valence-corrected chi connectivity index (χ3v) is 4.38. The molecule has 1 heterocycles. The van der Waals surface area contributed by atoms with Crippen LogP contribution in [0.3, 0.4) is 0 Å². The second-order valence-corrected chi connectivity index (χ2v) is 5.55. The number of carbonyl (C=O) groups is 1. The van der Waals surface area contributed by atoms with E-state index in [1.54, 1.807) is 4.90 Å². The molecule has 5 heteroatoms. The Bertz CT molecular complexity index is 506. The van der Waals surface area contributed by atoms with E-state index in [0.29, 0.717) is 24.9 Å². The number of halogens is 1. The van der Waals surface area contributed by atoms with Crippen molar-refractivity contribution in [3.05, 3.63) is 29.6 Å². The van der Waals surface area contributed by atoms with E-state index < -0.39 is 5.82 Å². The molecule has 0 aromatic heterocycles. The third kappa shape index (κ3) is 2.08. The molecular formula is C14H17FN2O2. The molecule has 1 unspecified atom stereocenters. The lowest BCUT2D eigenvalue weighted by molar-refractivity contribution is 0.0632. The summed E-state index contributed by atoms with van der Waals surface area (Å²) in [5.41, 5.74) is 6.11. The van der Waals surface area contributed by atoms with Crippen LogP contribution in [-0.4, -0.2) is 35.0 Å². The number of likely N-dealkylation sites (tertiary alicyclic amines) is 1. The normalized spacial score (nSPS) is 29.6. The van der Waals surface area contributed by atoms with Crippen LogP contribution in [0.5, 0.6) is 5.75 Å². The van der Waals surface area contributed by atoms with Crippen molar-refractivity contribution in [2.75, 3.05) is 13.1 Å². The number of nitrogens with zero attached hydrogens (tertiary/aromatic N) is 1. The van der Waals surface area contributed by atoms with Gasteiger partial charge >= 0.3 is 0 Å². The van der Waals surface area contributed by atoms with E-state index in [4.69, 9.17) is 5.73 Å². The zero-order valence-corrected chi connectivity index (χ0v) is 10.6. The second kappa shape index (κ2) is 4.49. The van der Waals surface area contributed by atoms with E-state index in [9.17, 15) is 14.3 Å². The van der Waals surface area contributed by atoms with Crippen LogP contribution in [0.4, 0.5) is 4.39 Å². The first-order chi connectivity index (χ1) is 9.06. The average molecular weight is 264 g/mol. The number of hydrogen-bond donors (Lipinski definition) is 2. The number of phenols is 1. The van der Waals surface area contributed by atoms with Gasteiger partial charge in [-0.05, 0) is 36.8 Å². The summed E-state index contributed by atoms with van der Waals surface area (Å²) in [4.78, 5) is 14.0. The van der Waals surface area contributed by atoms with Crippen molar-refractivity contribution in [1.29, 1.82) is 0 Å². The van der Waals surface area contributed by atoms with Crippen molar-refractivity contribution in [3.63, 3.8) is 0 Å². The molecule has 2 fully saturated rings. The van der Waals surface area contributed by atoms with Crippen LogP contribution < -0.4 is 5.73 Å². The molecule has 4 nitrogen and oxygen atoms in total. The summed E-state index contributed by atoms with van der Waals surface area (Å²) in [5.74, 6) is -0.478. The number of rotatable bonds is 1. The summed E-state index contributed by atoms with van der Waals surface area (Å²) in [7, 11) is 0. The van der Waals surface area contributed by atoms with Gasteiger partial charge in [0.05, 0.1) is 5.56 Å². The largest absolute Gasteiger partial charge is 0.508 e. The Morgan fingerprint density at radius 3 is 2.53 bits per heavy atom. The van der Waals surface area contributed by atoms with Gasteiger partial charge in [0, 0.05) is 25.2 Å². The molecule has 3 atom stereocenters. The third-order valence-electron chi connectivity index (χ3n) is 4.38. The maximum absolute atomic E-state index is 13.7. The van der Waals surface area contributed by atoms with Gasteiger partial charge in [0.2, 0.25) is 0 Å². The van der Waals surface area contributed by atoms with E-state index in [0.717, 1.165) is 18.9 Å². The van der Waals surface area contributed by atoms with Gasteiger partial charge in [-0.1, -0.05) is 0 Å². The van der Waals surface area contributed by atoms with Gasteiger partial charge in [-0.25, -0.2) is 4.39 Å². The monoisotopic (exact) mass is 264 g/mol. The first kappa shape index (κ1) is 12.4. The minimum Gasteiger partial charge on any atom is -0.508 e. The van der Waals surface area contributed by atoms with Gasteiger partial charge in [-0.15, -0.1) is 0 Å². The minimum absolute atomic E-state index is 0.0210. The molecule has 0 spiro atoms. The molecule has 1 aromatic rings. The molecule has 3 N–H and O–H groups in total. The fourth-order valence-electron chi connectivity index (χ4n) is 3.28. The SMILES string of the molecule is NC1[C@@H]2CC[C@H]1CN(C(=O)c1ccc(O)cc1F)C2. The molecule has 1 aromatic carbocycles. The summed E-state index contributed by atoms with van der Waals surface area (Å²) < 4.78 is 13.7. The highest BCUT2D eigenvalue weighted by Gasteiger charge is 2.41. The van der Waals surface area contributed by atoms with Crippen molar-refractivity contribution >= 4 is 5.91 Å². The smallest absolute Gasteiger partial charge is 0.256 e. The van der Waals surface area contributed by atoms with Crippen LogP contribution in [0.1, 0.15) is 23.2 Å². The van der Waals surface area contributed by atoms with Crippen LogP contribution in [0.25, 0.3) is 0 Å². The number of phenolic OH excluding ortho intramolecular Hbond substituents is 1. The number of fused-ring (bicyclic) bond motifs is 2. The van der Waals surface area contributed by atoms with Gasteiger partial charge in [0.25, 0.3) is 5.91 Å². The Balaban J connectivity index is 1.81. The summed E-state index contributed by atoms with van der Waals surface area (Å²) >= 11 is 0. The maximum atomic E-state index is 13.7. The number of aromatic hydroxyl groups is 1. The van der Waals surface area contributed by atoms with Crippen LogP contribution in [0.15, 0.2) is 18.2 Å². The Labute approximate surface area is 111 Å². The molecule has 3 rings (SSSR count). The van der Waals surface area contributed by atoms with Crippen LogP contribution in [0, 0.1) is 17.7 Å². The molecular weight excluding hydrogens is 247 g/mol. The van der Waals surface area contributed by atoms with E-state index in [-0.39, 0.29) is 23.3 Å². The highest BCUT2D eigenvalue weighted by atomic mass is 19.1. The summed E-state index contributed by atoms with van der Waals surface area (Å²) in [6.07, 6.45) is 2.10. The van der Waals surface area contributed by atoms with Crippen molar-refractivity contribution in [2.45, 2.75) is 18.9 Å². The van der Waals surface area contributed by atoms with Gasteiger partial charge < -0.3 is 15.7 Å². The van der Waals surface area contributed by atoms with Crippen LogP contribution in [0.2, 0.25) is 0 Å². The summed E-state index contributed by atoms with van der Waals surface area (Å²) in [5, 5.41) is 9.18. The van der Waals surface area contributed by atoms with E-state index in [2.05, 4.69) is 0 Å². The molecule has 1 amide bonds. The molecule has 1 aliphatic carbocycles. The number of piperidine rings is 1. The number of carbonyl (C=O) groups excluding carboxylic acids is 1. The fourth-order valence-corrected chi connectivity index (χ4v) is 3.28. The first-order valence-electron chi connectivity index (χ1n) is 6.59. The zero-order chi connectivity index (χ0) is 13.6. The molecule has 1 saturated carbocycles. The highest BCUT2D eigenvalue weighted by molar-refractivity contribution is 5.94. The number of amides is 1. The Morgan fingerprint density at radius 1 is 1.32 bits per heavy atom. The molecule has 2 bridgehead atoms. The fraction of sp³-hybridized carbons (Fsp3) is 0.500. The lowest BCUT2D eigenvalue weighted by Gasteiger charge is -2.36. The quantitative estimate of drug-likeness (QED) is 0.804. The van der Waals surface area contributed by atoms with Gasteiger partial charge in [-0.2, -0.15) is 0 Å². The van der Waals surface area contributed by atoms with E-state index in [1.165, 1.54) is 12.1 Å². The van der Waals surface area contributed by atoms with Gasteiger partial charge in [0.15, 0.2) is 0 Å². The molecule has 1 aliphatic heterocycles. The predicted octanol–water partition coefficient (Wildman–Crippen LogP) is 1.34. The molecule has 102 valence electrons. The number of benzene rings is 1. The summed E-state index contributed by atoms with van der Waals surface area (Å²) in [6.45, 7) is 1.22. The van der Waals surface area contributed by atoms with Crippen LogP contribution >= 0.6 is 0 Å². The van der Waals surface area contributed by atoms with Gasteiger partial charge in [-0.3, -0.25) is 4.79 Å². The van der Waals surface area contributed by atoms with Crippen molar-refractivity contribution < 1.29 is 14.3 Å². The molecule has 2 aliphatic rings. The lowest BCUT2D eigenvalue weighted by atomic mass is 9.92. The minimum atomic E-state index is -0.674. The van der Waals surface area contributed by atoms with Crippen molar-refractivity contribution in [3.8, 4) is 5.75 Å². The number of nitrogens with two attached hydrogens (primary N) is 1. The molecule has 1 saturated heterocycles. The predicted molar refractivity (Wildman–Crippen MR) is 68.2 cm³/mol. The van der Waals surface area contributed by atoms with Crippen LogP contribution in [-0.2, 0) is 0 Å². The summed E-state index contributed by atoms with van der Waals surface area (Å²) in [6, 6.07) is 3.82. The lowest BCUT2D eigenvalue weighted by Crippen LogP contribution is -2.50. The topological polar surface area (TPSA) is 66.6 Å². The highest BCUT2D eigenvalue weighted by Crippen LogP contribution is 2.36. The van der Waals surface area contributed by atoms with Crippen molar-refractivity contribution in [2.24, 2.45) is 17.6 Å². The van der Waals surface area contributed by atoms with E-state index >= 15 is 0 Å². The Kier molecular flexibility index (Phi) is 2.93. The standard InChI is InChI=1S/C14H17FN2O2/c15-12-5-10(18)3-4-11(12)14(19)17-6-8-1-2-9(7-17)13(8)16/h3-5,8-9,13,18H,1-2,6-7,16H2/t8-,9+,13?. The Morgan fingerprint density at radius 2 is 1.95 bits per heavy atom. The maximum Gasteiger partial charge on any atom is 0.256 e. The Hall–Kier alpha value is -1.62. The first-order valence-corrected chi connectivity index (χ1v) is 6.59.